The Labute approximate surface area is 184 Å². The summed E-state index contributed by atoms with van der Waals surface area (Å²) in [6.45, 7) is 1.43. The van der Waals surface area contributed by atoms with Gasteiger partial charge in [-0.3, -0.25) is 0 Å². The van der Waals surface area contributed by atoms with Crippen molar-refractivity contribution in [1.82, 2.24) is 14.9 Å². The van der Waals surface area contributed by atoms with E-state index in [1.165, 1.54) is 12.1 Å². The zero-order valence-electron chi connectivity index (χ0n) is 17.4. The van der Waals surface area contributed by atoms with E-state index in [0.29, 0.717) is 19.6 Å². The number of benzene rings is 2. The first-order valence-electron chi connectivity index (χ1n) is 10.1. The van der Waals surface area contributed by atoms with Crippen molar-refractivity contribution in [3.05, 3.63) is 77.2 Å². The van der Waals surface area contributed by atoms with E-state index in [4.69, 9.17) is 9.97 Å². The van der Waals surface area contributed by atoms with Gasteiger partial charge >= 0.3 is 0 Å². The van der Waals surface area contributed by atoms with Gasteiger partial charge in [0, 0.05) is 10.9 Å². The molecule has 3 heterocycles. The van der Waals surface area contributed by atoms with Crippen molar-refractivity contribution < 1.29 is 9.50 Å². The minimum atomic E-state index is -1.02. The predicted molar refractivity (Wildman–Crippen MR) is 123 cm³/mol. The van der Waals surface area contributed by atoms with Crippen LogP contribution >= 0.6 is 11.3 Å². The van der Waals surface area contributed by atoms with Crippen molar-refractivity contribution in [2.24, 2.45) is 0 Å². The molecule has 5 nitrogen and oxygen atoms in total. The third-order valence-corrected chi connectivity index (χ3v) is 6.46. The average molecular weight is 435 g/mol. The van der Waals surface area contributed by atoms with E-state index in [1.807, 2.05) is 37.2 Å². The molecule has 0 amide bonds. The Hall–Kier alpha value is -2.87. The number of hydrogen-bond donors (Lipinski definition) is 1. The van der Waals surface area contributed by atoms with Crippen LogP contribution < -0.4 is 4.90 Å². The lowest BCUT2D eigenvalue weighted by Crippen LogP contribution is -2.60. The highest BCUT2D eigenvalue weighted by molar-refractivity contribution is 7.17. The summed E-state index contributed by atoms with van der Waals surface area (Å²) in [5, 5.41) is 14.3. The van der Waals surface area contributed by atoms with Gasteiger partial charge in [-0.2, -0.15) is 0 Å². The Bertz CT molecular complexity index is 1220. The molecule has 5 rings (SSSR count). The molecule has 1 N–H and O–H groups in total. The normalized spacial score (nSPS) is 15.5. The van der Waals surface area contributed by atoms with Gasteiger partial charge in [-0.1, -0.05) is 42.5 Å². The molecule has 4 aromatic rings. The molecule has 1 fully saturated rings. The van der Waals surface area contributed by atoms with Gasteiger partial charge in [0.25, 0.3) is 0 Å². The number of anilines is 1. The lowest BCUT2D eigenvalue weighted by molar-refractivity contribution is 0.00715. The summed E-state index contributed by atoms with van der Waals surface area (Å²) in [7, 11) is 3.99. The van der Waals surface area contributed by atoms with Crippen LogP contribution in [0.5, 0.6) is 0 Å². The number of aliphatic hydroxyl groups is 1. The van der Waals surface area contributed by atoms with Gasteiger partial charge in [-0.15, -0.1) is 11.3 Å². The van der Waals surface area contributed by atoms with Crippen LogP contribution in [0.1, 0.15) is 11.4 Å². The van der Waals surface area contributed by atoms with Crippen LogP contribution in [0.3, 0.4) is 0 Å². The van der Waals surface area contributed by atoms with Crippen molar-refractivity contribution in [2.45, 2.75) is 12.1 Å². The second-order valence-corrected chi connectivity index (χ2v) is 9.15. The third-order valence-electron chi connectivity index (χ3n) is 5.59. The van der Waals surface area contributed by atoms with Crippen LogP contribution in [0, 0.1) is 5.82 Å². The number of hydrogen-bond acceptors (Lipinski definition) is 6. The third kappa shape index (κ3) is 3.69. The first-order valence-corrected chi connectivity index (χ1v) is 11.0. The number of fused-ring (bicyclic) bond motifs is 1. The summed E-state index contributed by atoms with van der Waals surface area (Å²) < 4.78 is 13.3. The topological polar surface area (TPSA) is 52.5 Å². The summed E-state index contributed by atoms with van der Waals surface area (Å²) >= 11 is 1.61. The van der Waals surface area contributed by atoms with E-state index in [9.17, 15) is 9.50 Å². The Kier molecular flexibility index (Phi) is 4.97. The molecule has 1 saturated heterocycles. The van der Waals surface area contributed by atoms with E-state index in [1.54, 1.807) is 23.5 Å². The zero-order chi connectivity index (χ0) is 21.6. The number of nitrogens with zero attached hydrogens (tertiary/aromatic N) is 4. The molecule has 0 spiro atoms. The fourth-order valence-corrected chi connectivity index (χ4v) is 5.02. The number of thiophene rings is 1. The average Bonchev–Trinajstić information content (AvgIpc) is 3.16. The zero-order valence-corrected chi connectivity index (χ0v) is 18.2. The minimum Gasteiger partial charge on any atom is -0.381 e. The van der Waals surface area contributed by atoms with Crippen LogP contribution in [-0.4, -0.2) is 47.2 Å². The van der Waals surface area contributed by atoms with E-state index < -0.39 is 5.60 Å². The van der Waals surface area contributed by atoms with Gasteiger partial charge in [-0.25, -0.2) is 14.4 Å². The SMILES string of the molecule is CN(C)Cc1nc(N2CC(O)(c3ccc(F)cc3)C2)c2c(-c3ccccc3)csc2n1. The molecular formula is C24H23FN4OS. The summed E-state index contributed by atoms with van der Waals surface area (Å²) in [4.78, 5) is 14.8. The summed E-state index contributed by atoms with van der Waals surface area (Å²) in [6.07, 6.45) is 0. The molecule has 0 saturated carbocycles. The Balaban J connectivity index is 1.56. The van der Waals surface area contributed by atoms with Crippen LogP contribution in [0.15, 0.2) is 60.0 Å². The van der Waals surface area contributed by atoms with Crippen LogP contribution in [0.4, 0.5) is 10.2 Å². The first kappa shape index (κ1) is 20.1. The minimum absolute atomic E-state index is 0.305. The van der Waals surface area contributed by atoms with Crippen molar-refractivity contribution in [1.29, 1.82) is 0 Å². The molecule has 0 aliphatic carbocycles. The lowest BCUT2D eigenvalue weighted by atomic mass is 9.86. The fraction of sp³-hybridized carbons (Fsp3) is 0.250. The molecule has 1 aliphatic heterocycles. The van der Waals surface area contributed by atoms with Gasteiger partial charge in [0.05, 0.1) is 25.0 Å². The second-order valence-electron chi connectivity index (χ2n) is 8.29. The second kappa shape index (κ2) is 7.67. The highest BCUT2D eigenvalue weighted by atomic mass is 32.1. The smallest absolute Gasteiger partial charge is 0.146 e. The van der Waals surface area contributed by atoms with E-state index in [0.717, 1.165) is 38.5 Å². The van der Waals surface area contributed by atoms with Crippen molar-refractivity contribution in [3.63, 3.8) is 0 Å². The van der Waals surface area contributed by atoms with Gasteiger partial charge in [0.15, 0.2) is 0 Å². The van der Waals surface area contributed by atoms with Crippen LogP contribution in [-0.2, 0) is 12.1 Å². The maximum atomic E-state index is 13.3. The summed E-state index contributed by atoms with van der Waals surface area (Å²) in [5.74, 6) is 1.29. The molecule has 0 radical (unpaired) electrons. The van der Waals surface area contributed by atoms with Crippen LogP contribution in [0.2, 0.25) is 0 Å². The largest absolute Gasteiger partial charge is 0.381 e. The molecule has 158 valence electrons. The Morgan fingerprint density at radius 3 is 2.45 bits per heavy atom. The monoisotopic (exact) mass is 434 g/mol. The molecule has 31 heavy (non-hydrogen) atoms. The van der Waals surface area contributed by atoms with E-state index in [2.05, 4.69) is 22.4 Å². The molecule has 1 aliphatic rings. The molecule has 0 bridgehead atoms. The Morgan fingerprint density at radius 2 is 1.77 bits per heavy atom. The van der Waals surface area contributed by atoms with Crippen molar-refractivity contribution in [3.8, 4) is 11.1 Å². The molecule has 2 aromatic carbocycles. The summed E-state index contributed by atoms with van der Waals surface area (Å²) in [6, 6.07) is 16.3. The predicted octanol–water partition coefficient (Wildman–Crippen LogP) is 4.27. The molecule has 2 aromatic heterocycles. The van der Waals surface area contributed by atoms with E-state index in [-0.39, 0.29) is 5.82 Å². The van der Waals surface area contributed by atoms with Gasteiger partial charge in [0.2, 0.25) is 0 Å². The fourth-order valence-electron chi connectivity index (χ4n) is 4.06. The number of aromatic nitrogens is 2. The molecule has 0 unspecified atom stereocenters. The van der Waals surface area contributed by atoms with Gasteiger partial charge in [0.1, 0.15) is 27.9 Å². The van der Waals surface area contributed by atoms with E-state index >= 15 is 0 Å². The first-order chi connectivity index (χ1) is 14.9. The maximum absolute atomic E-state index is 13.3. The Morgan fingerprint density at radius 1 is 1.06 bits per heavy atom. The van der Waals surface area contributed by atoms with Gasteiger partial charge < -0.3 is 14.9 Å². The highest BCUT2D eigenvalue weighted by Crippen LogP contribution is 2.42. The van der Waals surface area contributed by atoms with Crippen molar-refractivity contribution >= 4 is 27.4 Å². The quantitative estimate of drug-likeness (QED) is 0.509. The van der Waals surface area contributed by atoms with Crippen molar-refractivity contribution in [2.75, 3.05) is 32.1 Å². The maximum Gasteiger partial charge on any atom is 0.146 e. The molecule has 0 atom stereocenters. The standard InChI is InChI=1S/C24H23FN4OS/c1-28(2)12-20-26-22(29-14-24(30,15-29)17-8-10-18(25)11-9-17)21-19(13-31-23(21)27-20)16-6-4-3-5-7-16/h3-11,13,30H,12,14-15H2,1-2H3. The highest BCUT2D eigenvalue weighted by Gasteiger charge is 2.44. The lowest BCUT2D eigenvalue weighted by Gasteiger charge is -2.47. The van der Waals surface area contributed by atoms with Crippen LogP contribution in [0.25, 0.3) is 21.3 Å². The van der Waals surface area contributed by atoms with Gasteiger partial charge in [-0.05, 0) is 37.4 Å². The summed E-state index contributed by atoms with van der Waals surface area (Å²) in [5.41, 5.74) is 1.92. The molecular weight excluding hydrogens is 411 g/mol. The number of rotatable bonds is 5. The number of β-amino-alcohol motifs (C(OH)–C–C–N with tert-alkyl or cyclic N) is 1. The number of halogens is 1. The molecule has 7 heteroatoms.